The molecular formula is C41H58F4N4O12S. The lowest BCUT2D eigenvalue weighted by Crippen LogP contribution is -2.69. The molecule has 2 fully saturated rings. The van der Waals surface area contributed by atoms with Crippen LogP contribution in [0.1, 0.15) is 78.4 Å². The molecule has 0 aromatic heterocycles. The van der Waals surface area contributed by atoms with E-state index in [4.69, 9.17) is 18.9 Å². The lowest BCUT2D eigenvalue weighted by Gasteiger charge is -2.46. The van der Waals surface area contributed by atoms with Gasteiger partial charge in [0.15, 0.2) is 0 Å². The number of piperidine rings is 2. The number of nitrogens with one attached hydrogen (secondary N) is 2. The molecule has 16 nitrogen and oxygen atoms in total. The fourth-order valence-electron chi connectivity index (χ4n) is 6.44. The highest BCUT2D eigenvalue weighted by atomic mass is 32.2. The molecule has 2 heterocycles. The Morgan fingerprint density at radius 2 is 1.05 bits per heavy atom. The average molecular weight is 907 g/mol. The summed E-state index contributed by atoms with van der Waals surface area (Å²) in [6.07, 6.45) is -3.18. The number of aliphatic hydroxyl groups is 1. The van der Waals surface area contributed by atoms with Crippen LogP contribution in [0.5, 0.6) is 0 Å². The number of aliphatic hydroxyl groups excluding tert-OH is 1. The molecule has 0 saturated carbocycles. The van der Waals surface area contributed by atoms with E-state index in [-0.39, 0.29) is 52.0 Å². The number of carbonyl (C=O) groups excluding carboxylic acids is 4. The molecule has 2 aliphatic rings. The molecular weight excluding hydrogens is 849 g/mol. The Kier molecular flexibility index (Phi) is 17.4. The second-order valence-electron chi connectivity index (χ2n) is 17.1. The quantitative estimate of drug-likeness (QED) is 0.117. The van der Waals surface area contributed by atoms with Crippen molar-refractivity contribution in [3.8, 4) is 0 Å². The third-order valence-corrected chi connectivity index (χ3v) is 10.00. The van der Waals surface area contributed by atoms with E-state index in [0.717, 1.165) is 9.80 Å². The van der Waals surface area contributed by atoms with Crippen molar-refractivity contribution < 1.29 is 73.4 Å². The molecule has 2 unspecified atom stereocenters. The predicted octanol–water partition coefficient (Wildman–Crippen LogP) is 6.60. The van der Waals surface area contributed by atoms with E-state index >= 15 is 8.78 Å². The Balaban J connectivity index is 0.000000333. The van der Waals surface area contributed by atoms with E-state index in [2.05, 4.69) is 14.8 Å². The van der Waals surface area contributed by atoms with Crippen LogP contribution >= 0.6 is 0 Å². The summed E-state index contributed by atoms with van der Waals surface area (Å²) in [6.45, 7) is 5.88. The Labute approximate surface area is 359 Å². The topological polar surface area (TPSA) is 199 Å². The summed E-state index contributed by atoms with van der Waals surface area (Å²) >= 11 is 0. The first-order chi connectivity index (χ1) is 28.6. The molecule has 0 aliphatic carbocycles. The van der Waals surface area contributed by atoms with Crippen molar-refractivity contribution in [1.82, 2.24) is 20.4 Å². The normalized spacial score (nSPS) is 19.9. The molecule has 2 aromatic rings. The Morgan fingerprint density at radius 1 is 0.677 bits per heavy atom. The van der Waals surface area contributed by atoms with Gasteiger partial charge < -0.3 is 44.5 Å². The number of hydrogen-bond acceptors (Lipinski definition) is 12. The van der Waals surface area contributed by atoms with Crippen molar-refractivity contribution in [1.29, 1.82) is 0 Å². The van der Waals surface area contributed by atoms with Crippen LogP contribution in [0.4, 0.5) is 36.7 Å². The highest BCUT2D eigenvalue weighted by molar-refractivity contribution is 7.86. The van der Waals surface area contributed by atoms with Gasteiger partial charge >= 0.3 is 24.4 Å². The lowest BCUT2D eigenvalue weighted by molar-refractivity contribution is -0.140. The van der Waals surface area contributed by atoms with Gasteiger partial charge in [0.1, 0.15) is 48.7 Å². The van der Waals surface area contributed by atoms with Gasteiger partial charge in [0.2, 0.25) is 0 Å². The van der Waals surface area contributed by atoms with Gasteiger partial charge in [-0.15, -0.1) is 0 Å². The summed E-state index contributed by atoms with van der Waals surface area (Å²) in [4.78, 5) is 51.8. The van der Waals surface area contributed by atoms with E-state index in [9.17, 15) is 41.5 Å². The minimum absolute atomic E-state index is 0.0940. The number of alkyl halides is 4. The summed E-state index contributed by atoms with van der Waals surface area (Å²) in [5, 5.41) is 13.7. The zero-order chi connectivity index (χ0) is 46.6. The smallest absolute Gasteiger partial charge is 0.410 e. The second kappa shape index (κ2) is 21.0. The van der Waals surface area contributed by atoms with Crippen LogP contribution in [0.15, 0.2) is 60.7 Å². The van der Waals surface area contributed by atoms with Crippen LogP contribution in [-0.2, 0) is 46.5 Å². The molecule has 0 bridgehead atoms. The van der Waals surface area contributed by atoms with E-state index in [1.807, 2.05) is 0 Å². The van der Waals surface area contributed by atoms with Crippen molar-refractivity contribution in [2.75, 3.05) is 45.6 Å². The van der Waals surface area contributed by atoms with Gasteiger partial charge in [0, 0.05) is 13.1 Å². The SMILES string of the molecule is CC(C)(C)OC(=O)N1CCCC(NC(=O)OCc2ccccc2)(C(F)(F)CO)C1.CC(C)(C)OC(=O)N1CCCC(NC(=O)OCc2ccccc2)(C(F)(F)COS(C)(=O)=O)C1. The molecule has 0 spiro atoms. The highest BCUT2D eigenvalue weighted by Crippen LogP contribution is 2.39. The van der Waals surface area contributed by atoms with Crippen LogP contribution in [0, 0.1) is 0 Å². The molecule has 3 N–H and O–H groups in total. The number of ether oxygens (including phenoxy) is 4. The fraction of sp³-hybridized carbons (Fsp3) is 0.610. The summed E-state index contributed by atoms with van der Waals surface area (Å²) in [7, 11) is -4.18. The number of amides is 4. The first kappa shape index (κ1) is 51.5. The largest absolute Gasteiger partial charge is 0.445 e. The molecule has 2 atom stereocenters. The average Bonchev–Trinajstić information content (AvgIpc) is 3.18. The minimum Gasteiger partial charge on any atom is -0.445 e. The van der Waals surface area contributed by atoms with Crippen molar-refractivity contribution in [2.24, 2.45) is 0 Å². The van der Waals surface area contributed by atoms with E-state index < -0.39 is 94.9 Å². The van der Waals surface area contributed by atoms with Crippen LogP contribution in [-0.4, -0.2) is 127 Å². The molecule has 62 heavy (non-hydrogen) atoms. The summed E-state index contributed by atoms with van der Waals surface area (Å²) in [5.41, 5.74) is -4.80. The standard InChI is InChI=1S/C21H30F2N2O7S.C20H28F2N2O5/c1-19(2,3)32-18(27)25-12-8-11-20(14-25,21(22,23)15-31-33(4,28)29)24-17(26)30-13-16-9-6-5-7-10-16;1-18(2,3)29-17(27)24-11-7-10-19(13-24,20(21,22)14-25)23-16(26)28-12-15-8-5-4-6-9-15/h5-7,9-10H,8,11-15H2,1-4H3,(H,24,26);4-6,8-9,25H,7,10-14H2,1-3H3,(H,23,26). The van der Waals surface area contributed by atoms with Gasteiger partial charge in [-0.05, 0) is 78.4 Å². The summed E-state index contributed by atoms with van der Waals surface area (Å²) in [5.74, 6) is -7.53. The van der Waals surface area contributed by atoms with Gasteiger partial charge in [0.25, 0.3) is 22.0 Å². The molecule has 0 radical (unpaired) electrons. The van der Waals surface area contributed by atoms with Crippen molar-refractivity contribution in [3.63, 3.8) is 0 Å². The van der Waals surface area contributed by atoms with Crippen LogP contribution in [0.25, 0.3) is 0 Å². The summed E-state index contributed by atoms with van der Waals surface area (Å²) < 4.78 is 108. The maximum Gasteiger partial charge on any atom is 0.410 e. The number of nitrogens with zero attached hydrogens (tertiary/aromatic N) is 2. The summed E-state index contributed by atoms with van der Waals surface area (Å²) in [6, 6.07) is 17.4. The first-order valence-corrected chi connectivity index (χ1v) is 21.6. The molecule has 4 rings (SSSR count). The molecule has 4 amide bonds. The Bertz CT molecular complexity index is 1920. The molecule has 2 saturated heterocycles. The van der Waals surface area contributed by atoms with Gasteiger partial charge in [-0.2, -0.15) is 8.42 Å². The minimum atomic E-state index is -4.18. The zero-order valence-electron chi connectivity index (χ0n) is 36.0. The number of alkyl carbamates (subject to hydrolysis) is 2. The number of likely N-dealkylation sites (tertiary alicyclic amines) is 2. The Hall–Kier alpha value is -4.89. The van der Waals surface area contributed by atoms with Crippen molar-refractivity contribution >= 4 is 34.5 Å². The predicted molar refractivity (Wildman–Crippen MR) is 217 cm³/mol. The number of rotatable bonds is 12. The zero-order valence-corrected chi connectivity index (χ0v) is 36.8. The fourth-order valence-corrected chi connectivity index (χ4v) is 6.80. The third-order valence-electron chi connectivity index (χ3n) is 9.45. The maximum atomic E-state index is 15.4. The van der Waals surface area contributed by atoms with E-state index in [1.165, 1.54) is 0 Å². The van der Waals surface area contributed by atoms with Gasteiger partial charge in [-0.3, -0.25) is 4.18 Å². The second-order valence-corrected chi connectivity index (χ2v) is 18.7. The molecule has 2 aromatic carbocycles. The molecule has 348 valence electrons. The van der Waals surface area contributed by atoms with Gasteiger partial charge in [0.05, 0.1) is 19.3 Å². The van der Waals surface area contributed by atoms with E-state index in [0.29, 0.717) is 17.4 Å². The van der Waals surface area contributed by atoms with Crippen LogP contribution < -0.4 is 10.6 Å². The number of benzene rings is 2. The third kappa shape index (κ3) is 15.8. The van der Waals surface area contributed by atoms with E-state index in [1.54, 1.807) is 102 Å². The van der Waals surface area contributed by atoms with Crippen molar-refractivity contribution in [2.45, 2.75) is 115 Å². The van der Waals surface area contributed by atoms with Crippen LogP contribution in [0.3, 0.4) is 0 Å². The lowest BCUT2D eigenvalue weighted by atomic mass is 9.83. The number of halogens is 4. The first-order valence-electron chi connectivity index (χ1n) is 19.7. The molecule has 2 aliphatic heterocycles. The highest BCUT2D eigenvalue weighted by Gasteiger charge is 2.59. The van der Waals surface area contributed by atoms with Gasteiger partial charge in [-0.1, -0.05) is 60.7 Å². The number of carbonyl (C=O) groups is 4. The van der Waals surface area contributed by atoms with Crippen LogP contribution in [0.2, 0.25) is 0 Å². The Morgan fingerprint density at radius 3 is 1.39 bits per heavy atom. The maximum absolute atomic E-state index is 15.4. The number of hydrogen-bond donors (Lipinski definition) is 3. The monoisotopic (exact) mass is 906 g/mol. The van der Waals surface area contributed by atoms with Crippen molar-refractivity contribution in [3.05, 3.63) is 71.8 Å². The van der Waals surface area contributed by atoms with Gasteiger partial charge in [-0.25, -0.2) is 36.7 Å². The molecule has 21 heteroatoms.